The summed E-state index contributed by atoms with van der Waals surface area (Å²) in [6, 6.07) is 3.56. The second kappa shape index (κ2) is 6.16. The number of pyridine rings is 1. The minimum absolute atomic E-state index is 0.143. The summed E-state index contributed by atoms with van der Waals surface area (Å²) >= 11 is 0. The van der Waals surface area contributed by atoms with Crippen molar-refractivity contribution in [2.75, 3.05) is 5.32 Å². The number of rotatable bonds is 3. The molecule has 0 atom stereocenters. The summed E-state index contributed by atoms with van der Waals surface area (Å²) in [6.07, 6.45) is 1.43. The Morgan fingerprint density at radius 3 is 2.45 bits per heavy atom. The molecule has 0 saturated carbocycles. The Morgan fingerprint density at radius 1 is 1.35 bits per heavy atom. The van der Waals surface area contributed by atoms with E-state index in [1.54, 1.807) is 26.0 Å². The zero-order valence-electron chi connectivity index (χ0n) is 13.0. The minimum atomic E-state index is -0.525. The van der Waals surface area contributed by atoms with Crippen LogP contribution in [0.3, 0.4) is 0 Å². The van der Waals surface area contributed by atoms with E-state index < -0.39 is 5.41 Å². The molecule has 1 aromatic rings. The average molecular weight is 278 g/mol. The Morgan fingerprint density at radius 2 is 1.95 bits per heavy atom. The van der Waals surface area contributed by atoms with Gasteiger partial charge in [0.05, 0.1) is 0 Å². The van der Waals surface area contributed by atoms with Crippen LogP contribution in [0, 0.1) is 18.3 Å². The van der Waals surface area contributed by atoms with Crippen molar-refractivity contribution in [3.05, 3.63) is 29.2 Å². The van der Waals surface area contributed by atoms with Crippen LogP contribution in [-0.4, -0.2) is 10.9 Å². The van der Waals surface area contributed by atoms with Gasteiger partial charge >= 0.3 is 0 Å². The van der Waals surface area contributed by atoms with Gasteiger partial charge in [-0.2, -0.15) is 0 Å². The number of nitrogens with zero attached hydrogens (tertiary/aromatic N) is 1. The van der Waals surface area contributed by atoms with Crippen LogP contribution in [0.25, 0.3) is 6.08 Å². The molecule has 0 aliphatic rings. The molecule has 1 N–H and O–H groups in total. The van der Waals surface area contributed by atoms with E-state index in [0.29, 0.717) is 11.4 Å². The first-order valence-corrected chi connectivity index (χ1v) is 6.77. The lowest BCUT2D eigenvalue weighted by Crippen LogP contribution is -2.28. The highest BCUT2D eigenvalue weighted by atomic mass is 19.1. The SMILES string of the molecule is Cc1ccc(C=C(F)C(C)C)c(NC(=O)C(C)(C)C)n1. The molecule has 0 saturated heterocycles. The van der Waals surface area contributed by atoms with Crippen LogP contribution in [0.1, 0.15) is 45.9 Å². The predicted molar refractivity (Wildman–Crippen MR) is 81.0 cm³/mol. The summed E-state index contributed by atoms with van der Waals surface area (Å²) in [4.78, 5) is 16.3. The van der Waals surface area contributed by atoms with Crippen LogP contribution >= 0.6 is 0 Å². The highest BCUT2D eigenvalue weighted by Gasteiger charge is 2.22. The molecule has 0 bridgehead atoms. The van der Waals surface area contributed by atoms with Gasteiger partial charge in [-0.15, -0.1) is 0 Å². The van der Waals surface area contributed by atoms with E-state index >= 15 is 0 Å². The fourth-order valence-electron chi connectivity index (χ4n) is 1.39. The molecular weight excluding hydrogens is 255 g/mol. The van der Waals surface area contributed by atoms with Gasteiger partial charge in [-0.05, 0) is 25.1 Å². The average Bonchev–Trinajstić information content (AvgIpc) is 2.31. The number of nitrogens with one attached hydrogen (secondary N) is 1. The molecule has 0 aromatic carbocycles. The number of aryl methyl sites for hydroxylation is 1. The number of allylic oxidation sites excluding steroid dienone is 1. The summed E-state index contributed by atoms with van der Waals surface area (Å²) in [5.41, 5.74) is 0.832. The van der Waals surface area contributed by atoms with Gasteiger partial charge in [0, 0.05) is 22.6 Å². The summed E-state index contributed by atoms with van der Waals surface area (Å²) < 4.78 is 13.8. The molecule has 20 heavy (non-hydrogen) atoms. The van der Waals surface area contributed by atoms with E-state index in [0.717, 1.165) is 5.69 Å². The van der Waals surface area contributed by atoms with Crippen LogP contribution in [-0.2, 0) is 4.79 Å². The number of amides is 1. The van der Waals surface area contributed by atoms with Crippen LogP contribution < -0.4 is 5.32 Å². The van der Waals surface area contributed by atoms with Gasteiger partial charge in [-0.3, -0.25) is 4.79 Å². The molecule has 0 fully saturated rings. The highest BCUT2D eigenvalue weighted by Crippen LogP contribution is 2.23. The van der Waals surface area contributed by atoms with Gasteiger partial charge in [0.25, 0.3) is 0 Å². The topological polar surface area (TPSA) is 42.0 Å². The van der Waals surface area contributed by atoms with Gasteiger partial charge < -0.3 is 5.32 Å². The van der Waals surface area contributed by atoms with Crippen molar-refractivity contribution in [3.8, 4) is 0 Å². The first-order chi connectivity index (χ1) is 9.11. The fourth-order valence-corrected chi connectivity index (χ4v) is 1.39. The Labute approximate surface area is 120 Å². The number of carbonyl (C=O) groups is 1. The van der Waals surface area contributed by atoms with Crippen molar-refractivity contribution >= 4 is 17.8 Å². The van der Waals surface area contributed by atoms with Crippen molar-refractivity contribution in [3.63, 3.8) is 0 Å². The van der Waals surface area contributed by atoms with Crippen LogP contribution in [0.4, 0.5) is 10.2 Å². The predicted octanol–water partition coefficient (Wildman–Crippen LogP) is 4.34. The Hall–Kier alpha value is -1.71. The molecule has 1 heterocycles. The van der Waals surface area contributed by atoms with Crippen molar-refractivity contribution in [2.24, 2.45) is 11.3 Å². The standard InChI is InChI=1S/C16H23FN2O/c1-10(2)13(17)9-12-8-7-11(3)18-14(12)19-15(20)16(4,5)6/h7-10H,1-6H3,(H,18,19,20). The Kier molecular flexibility index (Phi) is 5.03. The second-order valence-corrected chi connectivity index (χ2v) is 6.28. The number of aromatic nitrogens is 1. The van der Waals surface area contributed by atoms with E-state index in [1.165, 1.54) is 6.08 Å². The van der Waals surface area contributed by atoms with Gasteiger partial charge in [-0.25, -0.2) is 9.37 Å². The van der Waals surface area contributed by atoms with Gasteiger partial charge in [0.15, 0.2) is 0 Å². The maximum atomic E-state index is 13.8. The molecule has 110 valence electrons. The normalized spacial score (nSPS) is 12.7. The first kappa shape index (κ1) is 16.3. The van der Waals surface area contributed by atoms with Gasteiger partial charge in [0.1, 0.15) is 11.6 Å². The van der Waals surface area contributed by atoms with Crippen molar-refractivity contribution in [1.29, 1.82) is 0 Å². The van der Waals surface area contributed by atoms with E-state index in [4.69, 9.17) is 0 Å². The lowest BCUT2D eigenvalue weighted by molar-refractivity contribution is -0.123. The molecule has 0 radical (unpaired) electrons. The number of anilines is 1. The molecule has 4 heteroatoms. The molecule has 1 rings (SSSR count). The monoisotopic (exact) mass is 278 g/mol. The quantitative estimate of drug-likeness (QED) is 0.893. The third-order valence-corrected chi connectivity index (χ3v) is 2.82. The number of hydrogen-bond acceptors (Lipinski definition) is 2. The smallest absolute Gasteiger partial charge is 0.230 e. The van der Waals surface area contributed by atoms with Crippen molar-refractivity contribution in [2.45, 2.75) is 41.5 Å². The Bertz CT molecular complexity index is 528. The van der Waals surface area contributed by atoms with Crippen molar-refractivity contribution in [1.82, 2.24) is 4.98 Å². The lowest BCUT2D eigenvalue weighted by atomic mass is 9.95. The lowest BCUT2D eigenvalue weighted by Gasteiger charge is -2.18. The molecule has 1 aromatic heterocycles. The molecule has 3 nitrogen and oxygen atoms in total. The zero-order valence-corrected chi connectivity index (χ0v) is 13.0. The first-order valence-electron chi connectivity index (χ1n) is 6.77. The molecule has 0 spiro atoms. The third kappa shape index (κ3) is 4.44. The zero-order chi connectivity index (χ0) is 15.5. The molecule has 1 amide bonds. The van der Waals surface area contributed by atoms with Crippen LogP contribution in [0.15, 0.2) is 18.0 Å². The summed E-state index contributed by atoms with van der Waals surface area (Å²) in [7, 11) is 0. The van der Waals surface area contributed by atoms with Crippen LogP contribution in [0.5, 0.6) is 0 Å². The maximum absolute atomic E-state index is 13.8. The molecule has 0 aliphatic heterocycles. The van der Waals surface area contributed by atoms with E-state index in [1.807, 2.05) is 27.7 Å². The third-order valence-electron chi connectivity index (χ3n) is 2.82. The summed E-state index contributed by atoms with van der Waals surface area (Å²) in [6.45, 7) is 10.9. The number of hydrogen-bond donors (Lipinski definition) is 1. The molecular formula is C16H23FN2O. The maximum Gasteiger partial charge on any atom is 0.230 e. The fraction of sp³-hybridized carbons (Fsp3) is 0.500. The largest absolute Gasteiger partial charge is 0.310 e. The van der Waals surface area contributed by atoms with Crippen LogP contribution in [0.2, 0.25) is 0 Å². The number of carbonyl (C=O) groups excluding carboxylic acids is 1. The summed E-state index contributed by atoms with van der Waals surface area (Å²) in [5, 5.41) is 2.77. The number of halogens is 1. The van der Waals surface area contributed by atoms with E-state index in [-0.39, 0.29) is 17.7 Å². The Balaban J connectivity index is 3.15. The van der Waals surface area contributed by atoms with Crippen molar-refractivity contribution < 1.29 is 9.18 Å². The van der Waals surface area contributed by atoms with E-state index in [2.05, 4.69) is 10.3 Å². The van der Waals surface area contributed by atoms with Gasteiger partial charge in [-0.1, -0.05) is 34.6 Å². The van der Waals surface area contributed by atoms with Gasteiger partial charge in [0.2, 0.25) is 5.91 Å². The summed E-state index contributed by atoms with van der Waals surface area (Å²) in [5.74, 6) is -0.166. The minimum Gasteiger partial charge on any atom is -0.310 e. The van der Waals surface area contributed by atoms with E-state index in [9.17, 15) is 9.18 Å². The highest BCUT2D eigenvalue weighted by molar-refractivity contribution is 5.95. The second-order valence-electron chi connectivity index (χ2n) is 6.28. The molecule has 0 unspecified atom stereocenters. The molecule has 0 aliphatic carbocycles.